The highest BCUT2D eigenvalue weighted by molar-refractivity contribution is 5.38. The average molecular weight is 296 g/mol. The van der Waals surface area contributed by atoms with Crippen LogP contribution in [0.4, 0.5) is 0 Å². The Labute approximate surface area is 131 Å². The van der Waals surface area contributed by atoms with Gasteiger partial charge in [0.15, 0.2) is 0 Å². The van der Waals surface area contributed by atoms with E-state index >= 15 is 0 Å². The molecule has 0 heterocycles. The number of nitriles is 1. The summed E-state index contributed by atoms with van der Waals surface area (Å²) in [6, 6.07) is 19.3. The molecule has 0 amide bonds. The lowest BCUT2D eigenvalue weighted by Gasteiger charge is -2.27. The van der Waals surface area contributed by atoms with Crippen LogP contribution in [-0.4, -0.2) is 30.3 Å². The molecular formula is C18H20N2O2. The van der Waals surface area contributed by atoms with Crippen LogP contribution in [0.2, 0.25) is 0 Å². The Bertz CT molecular complexity index is 622. The summed E-state index contributed by atoms with van der Waals surface area (Å²) in [5, 5.41) is 19.0. The minimum atomic E-state index is -0.469. The van der Waals surface area contributed by atoms with Gasteiger partial charge in [-0.3, -0.25) is 4.90 Å². The highest BCUT2D eigenvalue weighted by Crippen LogP contribution is 2.29. The fourth-order valence-electron chi connectivity index (χ4n) is 2.49. The van der Waals surface area contributed by atoms with E-state index in [1.807, 2.05) is 59.5 Å². The first-order valence-electron chi connectivity index (χ1n) is 7.21. The normalized spacial score (nSPS) is 11.9. The number of aliphatic hydroxyl groups excluding tert-OH is 1. The molecule has 0 saturated heterocycles. The quantitative estimate of drug-likeness (QED) is 0.853. The Morgan fingerprint density at radius 1 is 1.14 bits per heavy atom. The number of hydrogen-bond donors (Lipinski definition) is 1. The molecule has 4 nitrogen and oxygen atoms in total. The molecule has 114 valence electrons. The van der Waals surface area contributed by atoms with Crippen LogP contribution in [0.25, 0.3) is 0 Å². The van der Waals surface area contributed by atoms with Crippen LogP contribution < -0.4 is 4.74 Å². The molecule has 0 aliphatic heterocycles. The van der Waals surface area contributed by atoms with Gasteiger partial charge in [-0.2, -0.15) is 5.26 Å². The van der Waals surface area contributed by atoms with E-state index in [0.29, 0.717) is 18.8 Å². The molecule has 0 fully saturated rings. The smallest absolute Gasteiger partial charge is 0.127 e. The summed E-state index contributed by atoms with van der Waals surface area (Å²) in [5.74, 6) is 0.685. The number of aliphatic hydroxyl groups is 1. The minimum Gasteiger partial charge on any atom is -0.496 e. The second-order valence-electron chi connectivity index (χ2n) is 4.95. The fraction of sp³-hybridized carbons (Fsp3) is 0.278. The zero-order valence-electron chi connectivity index (χ0n) is 12.6. The molecule has 4 heteroatoms. The molecule has 0 aromatic heterocycles. The van der Waals surface area contributed by atoms with Gasteiger partial charge in [-0.1, -0.05) is 48.5 Å². The molecule has 2 aromatic carbocycles. The van der Waals surface area contributed by atoms with Gasteiger partial charge in [0.25, 0.3) is 0 Å². The van der Waals surface area contributed by atoms with Crippen molar-refractivity contribution in [1.82, 2.24) is 4.90 Å². The number of para-hydroxylation sites is 1. The Morgan fingerprint density at radius 3 is 2.45 bits per heavy atom. The van der Waals surface area contributed by atoms with Crippen molar-refractivity contribution in [2.24, 2.45) is 0 Å². The van der Waals surface area contributed by atoms with Crippen molar-refractivity contribution >= 4 is 0 Å². The van der Waals surface area contributed by atoms with E-state index in [0.717, 1.165) is 11.1 Å². The summed E-state index contributed by atoms with van der Waals surface area (Å²) in [6.07, 6.45) is 0. The van der Waals surface area contributed by atoms with Gasteiger partial charge >= 0.3 is 0 Å². The van der Waals surface area contributed by atoms with E-state index in [2.05, 4.69) is 6.07 Å². The summed E-state index contributed by atoms with van der Waals surface area (Å²) in [7, 11) is 1.60. The standard InChI is InChI=1S/C18H20N2O2/c1-22-18-10-6-5-9-16(18)17(13-19)20(11-12-21)14-15-7-3-2-4-8-15/h2-10,17,21H,11-12,14H2,1H3. The molecule has 0 aliphatic rings. The predicted molar refractivity (Wildman–Crippen MR) is 85.3 cm³/mol. The molecule has 2 rings (SSSR count). The molecule has 22 heavy (non-hydrogen) atoms. The lowest BCUT2D eigenvalue weighted by molar-refractivity contribution is 0.165. The molecule has 0 aliphatic carbocycles. The SMILES string of the molecule is COc1ccccc1C(C#N)N(CCO)Cc1ccccc1. The first-order valence-corrected chi connectivity index (χ1v) is 7.21. The van der Waals surface area contributed by atoms with Crippen molar-refractivity contribution < 1.29 is 9.84 Å². The molecule has 0 radical (unpaired) electrons. The average Bonchev–Trinajstić information content (AvgIpc) is 2.57. The van der Waals surface area contributed by atoms with Gasteiger partial charge in [-0.15, -0.1) is 0 Å². The monoisotopic (exact) mass is 296 g/mol. The van der Waals surface area contributed by atoms with Gasteiger partial charge in [0.2, 0.25) is 0 Å². The van der Waals surface area contributed by atoms with Crippen molar-refractivity contribution in [1.29, 1.82) is 5.26 Å². The van der Waals surface area contributed by atoms with Crippen LogP contribution in [0, 0.1) is 11.3 Å². The van der Waals surface area contributed by atoms with E-state index in [-0.39, 0.29) is 6.61 Å². The van der Waals surface area contributed by atoms with Crippen molar-refractivity contribution in [3.8, 4) is 11.8 Å². The lowest BCUT2D eigenvalue weighted by atomic mass is 10.0. The van der Waals surface area contributed by atoms with Crippen molar-refractivity contribution in [2.45, 2.75) is 12.6 Å². The first-order chi connectivity index (χ1) is 10.8. The number of methoxy groups -OCH3 is 1. The lowest BCUT2D eigenvalue weighted by Crippen LogP contribution is -2.30. The second-order valence-corrected chi connectivity index (χ2v) is 4.95. The topological polar surface area (TPSA) is 56.5 Å². The Hall–Kier alpha value is -2.35. The molecule has 1 unspecified atom stereocenters. The summed E-state index contributed by atoms with van der Waals surface area (Å²) in [6.45, 7) is 1.02. The maximum absolute atomic E-state index is 9.65. The maximum atomic E-state index is 9.65. The number of benzene rings is 2. The minimum absolute atomic E-state index is 0.000161. The third kappa shape index (κ3) is 3.85. The molecule has 0 spiro atoms. The predicted octanol–water partition coefficient (Wildman–Crippen LogP) is 2.75. The van der Waals surface area contributed by atoms with Crippen molar-refractivity contribution in [3.05, 3.63) is 65.7 Å². The van der Waals surface area contributed by atoms with Crippen LogP contribution in [0.1, 0.15) is 17.2 Å². The largest absolute Gasteiger partial charge is 0.496 e. The second kappa shape index (κ2) is 8.18. The Kier molecular flexibility index (Phi) is 5.96. The number of ether oxygens (including phenoxy) is 1. The number of nitrogens with zero attached hydrogens (tertiary/aromatic N) is 2. The highest BCUT2D eigenvalue weighted by atomic mass is 16.5. The summed E-state index contributed by atoms with van der Waals surface area (Å²) in [4.78, 5) is 1.95. The molecule has 1 N–H and O–H groups in total. The van der Waals surface area contributed by atoms with Gasteiger partial charge in [-0.05, 0) is 11.6 Å². The van der Waals surface area contributed by atoms with Crippen LogP contribution in [0.5, 0.6) is 5.75 Å². The summed E-state index contributed by atoms with van der Waals surface area (Å²) in [5.41, 5.74) is 1.92. The van der Waals surface area contributed by atoms with Crippen molar-refractivity contribution in [3.63, 3.8) is 0 Å². The molecule has 0 saturated carbocycles. The fourth-order valence-corrected chi connectivity index (χ4v) is 2.49. The zero-order chi connectivity index (χ0) is 15.8. The third-order valence-electron chi connectivity index (χ3n) is 3.54. The maximum Gasteiger partial charge on any atom is 0.127 e. The van der Waals surface area contributed by atoms with Crippen LogP contribution in [-0.2, 0) is 6.54 Å². The zero-order valence-corrected chi connectivity index (χ0v) is 12.6. The molecule has 0 bridgehead atoms. The number of hydrogen-bond acceptors (Lipinski definition) is 4. The van der Waals surface area contributed by atoms with E-state index in [1.165, 1.54) is 0 Å². The van der Waals surface area contributed by atoms with Crippen molar-refractivity contribution in [2.75, 3.05) is 20.3 Å². The van der Waals surface area contributed by atoms with Gasteiger partial charge in [-0.25, -0.2) is 0 Å². The summed E-state index contributed by atoms with van der Waals surface area (Å²) < 4.78 is 5.37. The van der Waals surface area contributed by atoms with E-state index in [1.54, 1.807) is 7.11 Å². The van der Waals surface area contributed by atoms with Crippen LogP contribution in [0.15, 0.2) is 54.6 Å². The molecular weight excluding hydrogens is 276 g/mol. The van der Waals surface area contributed by atoms with Gasteiger partial charge in [0, 0.05) is 18.7 Å². The molecule has 1 atom stereocenters. The van der Waals surface area contributed by atoms with E-state index in [9.17, 15) is 10.4 Å². The van der Waals surface area contributed by atoms with Crippen LogP contribution in [0.3, 0.4) is 0 Å². The summed E-state index contributed by atoms with van der Waals surface area (Å²) >= 11 is 0. The van der Waals surface area contributed by atoms with Crippen LogP contribution >= 0.6 is 0 Å². The third-order valence-corrected chi connectivity index (χ3v) is 3.54. The van der Waals surface area contributed by atoms with Gasteiger partial charge < -0.3 is 9.84 Å². The van der Waals surface area contributed by atoms with E-state index < -0.39 is 6.04 Å². The van der Waals surface area contributed by atoms with Gasteiger partial charge in [0.05, 0.1) is 19.8 Å². The first kappa shape index (κ1) is 16.0. The highest BCUT2D eigenvalue weighted by Gasteiger charge is 2.22. The number of rotatable bonds is 7. The van der Waals surface area contributed by atoms with E-state index in [4.69, 9.17) is 4.74 Å². The van der Waals surface area contributed by atoms with Gasteiger partial charge in [0.1, 0.15) is 11.8 Å². The Balaban J connectivity index is 2.30. The Morgan fingerprint density at radius 2 is 1.82 bits per heavy atom. The molecule has 2 aromatic rings.